The van der Waals surface area contributed by atoms with Crippen LogP contribution in [0.1, 0.15) is 0 Å². The molecule has 0 radical (unpaired) electrons. The number of rotatable bonds is 3. The fourth-order valence-corrected chi connectivity index (χ4v) is 2.84. The molecule has 0 spiro atoms. The average Bonchev–Trinajstić information content (AvgIpc) is 2.34. The lowest BCUT2D eigenvalue weighted by atomic mass is 10.4. The van der Waals surface area contributed by atoms with Crippen molar-refractivity contribution in [3.8, 4) is 0 Å². The Bertz CT molecular complexity index is 776. The molecule has 2 rings (SSSR count). The van der Waals surface area contributed by atoms with Gasteiger partial charge in [0, 0.05) is 18.5 Å². The van der Waals surface area contributed by atoms with Gasteiger partial charge < -0.3 is 4.98 Å². The van der Waals surface area contributed by atoms with Crippen LogP contribution in [0.3, 0.4) is 0 Å². The Labute approximate surface area is 122 Å². The van der Waals surface area contributed by atoms with Crippen LogP contribution >= 0.6 is 27.5 Å². The first kappa shape index (κ1) is 14.0. The summed E-state index contributed by atoms with van der Waals surface area (Å²) in [5.41, 5.74) is -0.410. The van der Waals surface area contributed by atoms with Crippen molar-refractivity contribution in [1.29, 1.82) is 0 Å². The van der Waals surface area contributed by atoms with Crippen molar-refractivity contribution in [2.75, 3.05) is 4.72 Å². The monoisotopic (exact) mass is 363 g/mol. The maximum Gasteiger partial charge on any atom is 0.267 e. The zero-order valence-corrected chi connectivity index (χ0v) is 12.4. The van der Waals surface area contributed by atoms with E-state index in [4.69, 9.17) is 11.6 Å². The predicted octanol–water partition coefficient (Wildman–Crippen LogP) is 1.99. The van der Waals surface area contributed by atoms with E-state index in [1.165, 1.54) is 18.5 Å². The summed E-state index contributed by atoms with van der Waals surface area (Å²) in [4.78, 5) is 17.5. The van der Waals surface area contributed by atoms with E-state index < -0.39 is 15.5 Å². The van der Waals surface area contributed by atoms with Crippen LogP contribution in [0.4, 0.5) is 5.69 Å². The van der Waals surface area contributed by atoms with Gasteiger partial charge in [0.15, 0.2) is 4.90 Å². The Kier molecular flexibility index (Phi) is 3.93. The molecule has 2 N–H and O–H groups in total. The van der Waals surface area contributed by atoms with Gasteiger partial charge in [0.25, 0.3) is 10.0 Å². The van der Waals surface area contributed by atoms with Gasteiger partial charge >= 0.3 is 0 Å². The van der Waals surface area contributed by atoms with E-state index in [0.29, 0.717) is 4.47 Å². The Morgan fingerprint density at radius 3 is 2.79 bits per heavy atom. The number of halogens is 2. The summed E-state index contributed by atoms with van der Waals surface area (Å²) in [7, 11) is -3.97. The lowest BCUT2D eigenvalue weighted by Gasteiger charge is -2.07. The maximum absolute atomic E-state index is 12.0. The third-order valence-corrected chi connectivity index (χ3v) is 4.66. The van der Waals surface area contributed by atoms with Crippen molar-refractivity contribution in [3.05, 3.63) is 50.6 Å². The lowest BCUT2D eigenvalue weighted by molar-refractivity contribution is 0.600. The number of nitrogens with zero attached hydrogens (tertiary/aromatic N) is 1. The molecule has 0 aliphatic carbocycles. The van der Waals surface area contributed by atoms with Crippen molar-refractivity contribution in [2.24, 2.45) is 0 Å². The fourth-order valence-electron chi connectivity index (χ4n) is 1.30. The fraction of sp³-hybridized carbons (Fsp3) is 0. The van der Waals surface area contributed by atoms with Crippen molar-refractivity contribution < 1.29 is 8.42 Å². The summed E-state index contributed by atoms with van der Waals surface area (Å²) >= 11 is 8.83. The lowest BCUT2D eigenvalue weighted by Crippen LogP contribution is -2.21. The normalized spacial score (nSPS) is 11.3. The van der Waals surface area contributed by atoms with E-state index in [1.54, 1.807) is 0 Å². The second kappa shape index (κ2) is 5.32. The van der Waals surface area contributed by atoms with Crippen molar-refractivity contribution in [3.63, 3.8) is 0 Å². The molecule has 9 heteroatoms. The molecular weight excluding hydrogens is 358 g/mol. The number of H-pyrrole nitrogens is 1. The molecule has 0 bridgehead atoms. The highest BCUT2D eigenvalue weighted by molar-refractivity contribution is 9.10. The molecule has 0 fully saturated rings. The number of hydrogen-bond donors (Lipinski definition) is 2. The molecule has 0 saturated heterocycles. The highest BCUT2D eigenvalue weighted by atomic mass is 79.9. The molecule has 0 aliphatic rings. The van der Waals surface area contributed by atoms with E-state index >= 15 is 0 Å². The van der Waals surface area contributed by atoms with Crippen LogP contribution in [0, 0.1) is 0 Å². The molecule has 100 valence electrons. The van der Waals surface area contributed by atoms with Gasteiger partial charge in [-0.15, -0.1) is 0 Å². The Morgan fingerprint density at radius 2 is 2.16 bits per heavy atom. The molecule has 0 aromatic carbocycles. The van der Waals surface area contributed by atoms with Gasteiger partial charge in [-0.2, -0.15) is 0 Å². The van der Waals surface area contributed by atoms with Crippen LogP contribution in [-0.2, 0) is 10.0 Å². The smallest absolute Gasteiger partial charge is 0.267 e. The quantitative estimate of drug-likeness (QED) is 0.815. The third kappa shape index (κ3) is 3.14. The third-order valence-electron chi connectivity index (χ3n) is 2.13. The first-order chi connectivity index (χ1) is 8.90. The number of aromatic amines is 1. The number of hydrogen-bond acceptors (Lipinski definition) is 4. The first-order valence-electron chi connectivity index (χ1n) is 4.91. The summed E-state index contributed by atoms with van der Waals surface area (Å²) in [5, 5.41) is 0.209. The number of pyridine rings is 2. The van der Waals surface area contributed by atoms with Crippen LogP contribution in [0.5, 0.6) is 0 Å². The molecular formula is C10H7BrClN3O3S. The minimum atomic E-state index is -3.97. The number of sulfonamides is 1. The van der Waals surface area contributed by atoms with Gasteiger partial charge in [0.05, 0.1) is 16.4 Å². The van der Waals surface area contributed by atoms with Crippen LogP contribution < -0.4 is 10.2 Å². The highest BCUT2D eigenvalue weighted by Crippen LogP contribution is 2.23. The SMILES string of the molecule is O=c1cc[nH]cc1S(=O)(=O)Nc1cnc(Cl)c(Br)c1. The Hall–Kier alpha value is -1.38. The second-order valence-corrected chi connectivity index (χ2v) is 6.34. The summed E-state index contributed by atoms with van der Waals surface area (Å²) < 4.78 is 26.7. The predicted molar refractivity (Wildman–Crippen MR) is 74.8 cm³/mol. The molecule has 19 heavy (non-hydrogen) atoms. The summed E-state index contributed by atoms with van der Waals surface area (Å²) in [6.45, 7) is 0. The molecule has 0 amide bonds. The largest absolute Gasteiger partial charge is 0.366 e. The van der Waals surface area contributed by atoms with Crippen molar-refractivity contribution >= 4 is 43.2 Å². The number of nitrogens with one attached hydrogen (secondary N) is 2. The maximum atomic E-state index is 12.0. The highest BCUT2D eigenvalue weighted by Gasteiger charge is 2.18. The minimum Gasteiger partial charge on any atom is -0.366 e. The Balaban J connectivity index is 2.40. The Morgan fingerprint density at radius 1 is 1.42 bits per heavy atom. The van der Waals surface area contributed by atoms with Crippen molar-refractivity contribution in [2.45, 2.75) is 4.90 Å². The van der Waals surface area contributed by atoms with Crippen LogP contribution in [0.2, 0.25) is 5.15 Å². The van der Waals surface area contributed by atoms with E-state index in [1.807, 2.05) is 0 Å². The number of anilines is 1. The first-order valence-corrected chi connectivity index (χ1v) is 7.56. The molecule has 0 unspecified atom stereocenters. The van der Waals surface area contributed by atoms with E-state index in [9.17, 15) is 13.2 Å². The van der Waals surface area contributed by atoms with Gasteiger partial charge in [-0.1, -0.05) is 11.6 Å². The standard InChI is InChI=1S/C10H7BrClN3O3S/c11-7-3-6(4-14-10(7)12)15-19(17,18)9-5-13-2-1-8(9)16/h1-5,15H,(H,13,16). The molecule has 2 aromatic rings. The summed E-state index contributed by atoms with van der Waals surface area (Å²) in [6.07, 6.45) is 3.71. The molecule has 0 atom stereocenters. The van der Waals surface area contributed by atoms with E-state index in [0.717, 1.165) is 12.3 Å². The van der Waals surface area contributed by atoms with Crippen LogP contribution in [0.15, 0.2) is 44.9 Å². The van der Waals surface area contributed by atoms with Gasteiger partial charge in [0.1, 0.15) is 5.15 Å². The van der Waals surface area contributed by atoms with Crippen molar-refractivity contribution in [1.82, 2.24) is 9.97 Å². The molecule has 2 heterocycles. The minimum absolute atomic E-state index is 0.194. The molecule has 6 nitrogen and oxygen atoms in total. The van der Waals surface area contributed by atoms with Gasteiger partial charge in [-0.05, 0) is 22.0 Å². The van der Waals surface area contributed by atoms with Crippen LogP contribution in [0.25, 0.3) is 0 Å². The summed E-state index contributed by atoms with van der Waals surface area (Å²) in [5.74, 6) is 0. The topological polar surface area (TPSA) is 91.9 Å². The molecule has 2 aromatic heterocycles. The van der Waals surface area contributed by atoms with E-state index in [2.05, 4.69) is 30.6 Å². The zero-order valence-electron chi connectivity index (χ0n) is 9.22. The van der Waals surface area contributed by atoms with Crippen LogP contribution in [-0.4, -0.2) is 18.4 Å². The second-order valence-electron chi connectivity index (χ2n) is 3.47. The summed E-state index contributed by atoms with van der Waals surface area (Å²) in [6, 6.07) is 2.58. The van der Waals surface area contributed by atoms with Gasteiger partial charge in [-0.25, -0.2) is 13.4 Å². The number of aromatic nitrogens is 2. The van der Waals surface area contributed by atoms with Gasteiger partial charge in [-0.3, -0.25) is 9.52 Å². The zero-order chi connectivity index (χ0) is 14.0. The molecule has 0 aliphatic heterocycles. The molecule has 0 saturated carbocycles. The van der Waals surface area contributed by atoms with Gasteiger partial charge in [0.2, 0.25) is 5.43 Å². The average molecular weight is 365 g/mol. The van der Waals surface area contributed by atoms with E-state index in [-0.39, 0.29) is 15.7 Å².